The van der Waals surface area contributed by atoms with Gasteiger partial charge in [0.15, 0.2) is 16.8 Å². The lowest BCUT2D eigenvalue weighted by atomic mass is 10.0. The van der Waals surface area contributed by atoms with Gasteiger partial charge in [-0.15, -0.1) is 10.2 Å². The summed E-state index contributed by atoms with van der Waals surface area (Å²) in [5, 5.41) is 9.53. The van der Waals surface area contributed by atoms with Crippen molar-refractivity contribution in [2.75, 3.05) is 5.75 Å². The highest BCUT2D eigenvalue weighted by molar-refractivity contribution is 7.99. The maximum atomic E-state index is 12.6. The summed E-state index contributed by atoms with van der Waals surface area (Å²) in [6.07, 6.45) is 5.81. The number of Topliss-reactive ketones (excluding diaryl/α,β-unsaturated/α-hetero) is 1. The van der Waals surface area contributed by atoms with E-state index >= 15 is 0 Å². The van der Waals surface area contributed by atoms with Crippen LogP contribution in [0.2, 0.25) is 0 Å². The first-order valence-electron chi connectivity index (χ1n) is 9.24. The maximum Gasteiger partial charge on any atom is 0.192 e. The van der Waals surface area contributed by atoms with Gasteiger partial charge in [-0.2, -0.15) is 0 Å². The van der Waals surface area contributed by atoms with Crippen LogP contribution in [0.25, 0.3) is 11.4 Å². The Kier molecular flexibility index (Phi) is 5.07. The van der Waals surface area contributed by atoms with Crippen LogP contribution in [0.1, 0.15) is 54.6 Å². The second-order valence-corrected chi connectivity index (χ2v) is 8.08. The van der Waals surface area contributed by atoms with Gasteiger partial charge in [-0.3, -0.25) is 14.3 Å². The number of nitrogens with zero attached hydrogens (tertiary/aromatic N) is 4. The number of aromatic nitrogens is 4. The Morgan fingerprint density at radius 1 is 1.19 bits per heavy atom. The SMILES string of the molecule is CC(C)c1ccc(C(=O)CSc2nnc(-c3cccnc3)n2C2CC2)cc1. The lowest BCUT2D eigenvalue weighted by Gasteiger charge is -2.09. The Labute approximate surface area is 163 Å². The third-order valence-electron chi connectivity index (χ3n) is 4.73. The van der Waals surface area contributed by atoms with Crippen LogP contribution in [0.5, 0.6) is 0 Å². The van der Waals surface area contributed by atoms with E-state index in [1.54, 1.807) is 12.4 Å². The number of carbonyl (C=O) groups excluding carboxylic acids is 1. The molecule has 27 heavy (non-hydrogen) atoms. The van der Waals surface area contributed by atoms with Gasteiger partial charge in [0.05, 0.1) is 5.75 Å². The minimum Gasteiger partial charge on any atom is -0.299 e. The maximum absolute atomic E-state index is 12.6. The summed E-state index contributed by atoms with van der Waals surface area (Å²) in [5.41, 5.74) is 2.95. The topological polar surface area (TPSA) is 60.7 Å². The monoisotopic (exact) mass is 378 g/mol. The number of hydrogen-bond donors (Lipinski definition) is 0. The summed E-state index contributed by atoms with van der Waals surface area (Å²) in [7, 11) is 0. The summed E-state index contributed by atoms with van der Waals surface area (Å²) in [6, 6.07) is 12.2. The molecule has 0 amide bonds. The Morgan fingerprint density at radius 2 is 1.96 bits per heavy atom. The molecular weight excluding hydrogens is 356 g/mol. The highest BCUT2D eigenvalue weighted by atomic mass is 32.2. The van der Waals surface area contributed by atoms with Crippen molar-refractivity contribution >= 4 is 17.5 Å². The Balaban J connectivity index is 1.50. The van der Waals surface area contributed by atoms with Gasteiger partial charge in [-0.05, 0) is 36.5 Å². The fourth-order valence-corrected chi connectivity index (χ4v) is 3.90. The van der Waals surface area contributed by atoms with Gasteiger partial charge in [0.2, 0.25) is 0 Å². The molecule has 2 heterocycles. The van der Waals surface area contributed by atoms with Crippen LogP contribution in [0.4, 0.5) is 0 Å². The molecule has 3 aromatic rings. The lowest BCUT2D eigenvalue weighted by Crippen LogP contribution is -2.05. The third kappa shape index (κ3) is 3.95. The van der Waals surface area contributed by atoms with E-state index < -0.39 is 0 Å². The zero-order valence-corrected chi connectivity index (χ0v) is 16.3. The first-order valence-corrected chi connectivity index (χ1v) is 10.2. The molecule has 2 aromatic heterocycles. The average Bonchev–Trinajstić information content (AvgIpc) is 3.45. The highest BCUT2D eigenvalue weighted by Gasteiger charge is 2.30. The summed E-state index contributed by atoms with van der Waals surface area (Å²) in [6.45, 7) is 4.30. The fourth-order valence-electron chi connectivity index (χ4n) is 3.00. The number of ketones is 1. The van der Waals surface area contributed by atoms with Gasteiger partial charge >= 0.3 is 0 Å². The van der Waals surface area contributed by atoms with Gasteiger partial charge in [-0.1, -0.05) is 49.9 Å². The molecule has 0 N–H and O–H groups in total. The van der Waals surface area contributed by atoms with Crippen LogP contribution in [0.3, 0.4) is 0 Å². The molecule has 0 radical (unpaired) electrons. The molecule has 1 aromatic carbocycles. The second-order valence-electron chi connectivity index (χ2n) is 7.14. The second kappa shape index (κ2) is 7.64. The number of rotatable bonds is 7. The van der Waals surface area contributed by atoms with Crippen molar-refractivity contribution in [1.29, 1.82) is 0 Å². The van der Waals surface area contributed by atoms with Crippen LogP contribution in [-0.4, -0.2) is 31.3 Å². The number of thioether (sulfide) groups is 1. The number of carbonyl (C=O) groups is 1. The predicted molar refractivity (Wildman–Crippen MR) is 107 cm³/mol. The van der Waals surface area contributed by atoms with Gasteiger partial charge in [0, 0.05) is 29.6 Å². The molecule has 4 rings (SSSR count). The normalized spacial score (nSPS) is 13.9. The summed E-state index contributed by atoms with van der Waals surface area (Å²) in [4.78, 5) is 16.8. The largest absolute Gasteiger partial charge is 0.299 e. The molecule has 0 atom stereocenters. The van der Waals surface area contributed by atoms with E-state index in [-0.39, 0.29) is 5.78 Å². The van der Waals surface area contributed by atoms with Gasteiger partial charge in [0.25, 0.3) is 0 Å². The smallest absolute Gasteiger partial charge is 0.192 e. The van der Waals surface area contributed by atoms with E-state index in [0.717, 1.165) is 34.9 Å². The van der Waals surface area contributed by atoms with E-state index in [0.29, 0.717) is 17.7 Å². The molecule has 0 unspecified atom stereocenters. The molecule has 0 aliphatic heterocycles. The minimum atomic E-state index is 0.114. The van der Waals surface area contributed by atoms with E-state index in [2.05, 4.69) is 33.6 Å². The van der Waals surface area contributed by atoms with Crippen molar-refractivity contribution in [2.45, 2.75) is 43.8 Å². The van der Waals surface area contributed by atoms with E-state index in [1.807, 2.05) is 36.4 Å². The van der Waals surface area contributed by atoms with Crippen LogP contribution < -0.4 is 0 Å². The van der Waals surface area contributed by atoms with Crippen molar-refractivity contribution in [2.24, 2.45) is 0 Å². The zero-order valence-electron chi connectivity index (χ0n) is 15.5. The van der Waals surface area contributed by atoms with Crippen molar-refractivity contribution in [3.05, 3.63) is 59.9 Å². The molecule has 1 aliphatic rings. The average molecular weight is 379 g/mol. The van der Waals surface area contributed by atoms with Crippen molar-refractivity contribution < 1.29 is 4.79 Å². The predicted octanol–water partition coefficient (Wildman–Crippen LogP) is 4.77. The standard InChI is InChI=1S/C21H22N4OS/c1-14(2)15-5-7-16(8-6-15)19(26)13-27-21-24-23-20(25(21)18-9-10-18)17-4-3-11-22-12-17/h3-8,11-12,14,18H,9-10,13H2,1-2H3. The Morgan fingerprint density at radius 3 is 2.59 bits per heavy atom. The minimum absolute atomic E-state index is 0.114. The fraction of sp³-hybridized carbons (Fsp3) is 0.333. The number of hydrogen-bond acceptors (Lipinski definition) is 5. The van der Waals surface area contributed by atoms with Crippen LogP contribution in [0, 0.1) is 0 Å². The van der Waals surface area contributed by atoms with Crippen LogP contribution in [-0.2, 0) is 0 Å². The van der Waals surface area contributed by atoms with Crippen molar-refractivity contribution in [3.63, 3.8) is 0 Å². The van der Waals surface area contributed by atoms with E-state index in [1.165, 1.54) is 17.3 Å². The highest BCUT2D eigenvalue weighted by Crippen LogP contribution is 2.41. The quantitative estimate of drug-likeness (QED) is 0.438. The Bertz CT molecular complexity index is 931. The molecule has 5 nitrogen and oxygen atoms in total. The first-order chi connectivity index (χ1) is 13.1. The molecular formula is C21H22N4OS. The van der Waals surface area contributed by atoms with Crippen molar-refractivity contribution in [3.8, 4) is 11.4 Å². The molecule has 0 bridgehead atoms. The molecule has 1 fully saturated rings. The van der Waals surface area contributed by atoms with Crippen LogP contribution >= 0.6 is 11.8 Å². The number of benzene rings is 1. The summed E-state index contributed by atoms with van der Waals surface area (Å²) < 4.78 is 2.16. The zero-order chi connectivity index (χ0) is 18.8. The summed E-state index contributed by atoms with van der Waals surface area (Å²) in [5.74, 6) is 1.77. The molecule has 0 spiro atoms. The lowest BCUT2D eigenvalue weighted by molar-refractivity contribution is 0.102. The first kappa shape index (κ1) is 17.9. The molecule has 0 saturated heterocycles. The number of pyridine rings is 1. The van der Waals surface area contributed by atoms with Gasteiger partial charge in [0.1, 0.15) is 0 Å². The van der Waals surface area contributed by atoms with Crippen molar-refractivity contribution in [1.82, 2.24) is 19.7 Å². The molecule has 6 heteroatoms. The van der Waals surface area contributed by atoms with E-state index in [4.69, 9.17) is 0 Å². The Hall–Kier alpha value is -2.47. The van der Waals surface area contributed by atoms with E-state index in [9.17, 15) is 4.79 Å². The molecule has 138 valence electrons. The molecule has 1 aliphatic carbocycles. The summed E-state index contributed by atoms with van der Waals surface area (Å²) >= 11 is 1.46. The third-order valence-corrected chi connectivity index (χ3v) is 5.67. The van der Waals surface area contributed by atoms with Gasteiger partial charge < -0.3 is 0 Å². The molecule has 1 saturated carbocycles. The van der Waals surface area contributed by atoms with Crippen LogP contribution in [0.15, 0.2) is 53.9 Å². The van der Waals surface area contributed by atoms with Gasteiger partial charge in [-0.25, -0.2) is 0 Å².